The fourth-order valence-corrected chi connectivity index (χ4v) is 2.77. The Morgan fingerprint density at radius 1 is 1.17 bits per heavy atom. The van der Waals surface area contributed by atoms with Gasteiger partial charge in [0, 0.05) is 24.6 Å². The summed E-state index contributed by atoms with van der Waals surface area (Å²) in [6, 6.07) is 7.21. The van der Waals surface area contributed by atoms with Crippen LogP contribution < -0.4 is 14.8 Å². The lowest BCUT2D eigenvalue weighted by atomic mass is 10.2. The molecule has 1 aromatic heterocycles. The highest BCUT2D eigenvalue weighted by Crippen LogP contribution is 2.30. The fraction of sp³-hybridized carbons (Fsp3) is 0.381. The van der Waals surface area contributed by atoms with E-state index in [4.69, 9.17) is 14.2 Å². The molecule has 29 heavy (non-hydrogen) atoms. The molecule has 2 aromatic rings. The quantitative estimate of drug-likeness (QED) is 0.592. The van der Waals surface area contributed by atoms with Gasteiger partial charge in [0.2, 0.25) is 0 Å². The van der Waals surface area contributed by atoms with Gasteiger partial charge in [-0.2, -0.15) is 5.10 Å². The molecular weight excluding hydrogens is 374 g/mol. The lowest BCUT2D eigenvalue weighted by Crippen LogP contribution is -2.30. The van der Waals surface area contributed by atoms with Crippen molar-refractivity contribution in [1.29, 1.82) is 0 Å². The van der Waals surface area contributed by atoms with E-state index >= 15 is 0 Å². The van der Waals surface area contributed by atoms with E-state index in [1.807, 2.05) is 19.9 Å². The largest absolute Gasteiger partial charge is 0.490 e. The monoisotopic (exact) mass is 399 g/mol. The molecule has 1 amide bonds. The van der Waals surface area contributed by atoms with Gasteiger partial charge < -0.3 is 19.5 Å². The van der Waals surface area contributed by atoms with Gasteiger partial charge in [0.05, 0.1) is 19.4 Å². The smallest absolute Gasteiger partial charge is 0.331 e. The van der Waals surface area contributed by atoms with Gasteiger partial charge in [-0.3, -0.25) is 4.79 Å². The Balaban J connectivity index is 1.56. The summed E-state index contributed by atoms with van der Waals surface area (Å²) in [5, 5.41) is 6.87. The topological polar surface area (TPSA) is 91.7 Å². The van der Waals surface area contributed by atoms with Crippen LogP contribution in [0, 0.1) is 0 Å². The van der Waals surface area contributed by atoms with Crippen molar-refractivity contribution >= 4 is 23.8 Å². The average molecular weight is 399 g/mol. The van der Waals surface area contributed by atoms with Gasteiger partial charge in [-0.1, -0.05) is 6.07 Å². The number of rotatable bonds is 6. The third-order valence-electron chi connectivity index (χ3n) is 4.26. The number of ether oxygens (including phenoxy) is 3. The van der Waals surface area contributed by atoms with Gasteiger partial charge in [-0.15, -0.1) is 0 Å². The Hall–Kier alpha value is -3.29. The van der Waals surface area contributed by atoms with Crippen molar-refractivity contribution in [3.8, 4) is 11.5 Å². The maximum atomic E-state index is 12.3. The molecular formula is C21H25N3O5. The molecule has 0 radical (unpaired) electrons. The highest BCUT2D eigenvalue weighted by molar-refractivity contribution is 5.96. The fourth-order valence-electron chi connectivity index (χ4n) is 2.77. The molecule has 0 unspecified atom stereocenters. The molecule has 1 N–H and O–H groups in total. The van der Waals surface area contributed by atoms with Crippen molar-refractivity contribution in [2.24, 2.45) is 0 Å². The zero-order valence-electron chi connectivity index (χ0n) is 16.8. The van der Waals surface area contributed by atoms with E-state index < -0.39 is 18.0 Å². The summed E-state index contributed by atoms with van der Waals surface area (Å²) in [5.41, 5.74) is 0.768. The standard InChI is InChI=1S/C21H25N3O5/c1-14(2)24-19(9-10-22-24)23-21(26)15(3)29-20(25)8-6-16-5-7-17-18(13-16)28-12-4-11-27-17/h5-10,13-15H,4,11-12H2,1-3H3,(H,23,26)/b8-6+/t15-/m1/s1. The molecule has 0 aliphatic carbocycles. The van der Waals surface area contributed by atoms with Gasteiger partial charge in [-0.05, 0) is 44.5 Å². The van der Waals surface area contributed by atoms with Gasteiger partial charge in [0.25, 0.3) is 5.91 Å². The summed E-state index contributed by atoms with van der Waals surface area (Å²) in [6.07, 6.45) is 4.36. The predicted molar refractivity (Wildman–Crippen MR) is 108 cm³/mol. The Morgan fingerprint density at radius 2 is 1.93 bits per heavy atom. The Kier molecular flexibility index (Phi) is 6.54. The minimum Gasteiger partial charge on any atom is -0.490 e. The van der Waals surface area contributed by atoms with Gasteiger partial charge in [0.1, 0.15) is 5.82 Å². The summed E-state index contributed by atoms with van der Waals surface area (Å²) in [6.45, 7) is 6.63. The van der Waals surface area contributed by atoms with Gasteiger partial charge in [0.15, 0.2) is 17.6 Å². The molecule has 154 valence electrons. The summed E-state index contributed by atoms with van der Waals surface area (Å²) in [7, 11) is 0. The molecule has 8 heteroatoms. The normalized spacial score (nSPS) is 14.5. The Labute approximate surface area is 169 Å². The van der Waals surface area contributed by atoms with Crippen LogP contribution in [-0.4, -0.2) is 41.0 Å². The third kappa shape index (κ3) is 5.37. The summed E-state index contributed by atoms with van der Waals surface area (Å²) in [5.74, 6) is 0.846. The Bertz CT molecular complexity index is 903. The first-order chi connectivity index (χ1) is 13.9. The number of anilines is 1. The van der Waals surface area contributed by atoms with E-state index in [1.165, 1.54) is 13.0 Å². The van der Waals surface area contributed by atoms with Crippen LogP contribution >= 0.6 is 0 Å². The number of aromatic nitrogens is 2. The highest BCUT2D eigenvalue weighted by Gasteiger charge is 2.19. The molecule has 0 saturated carbocycles. The zero-order valence-corrected chi connectivity index (χ0v) is 16.8. The van der Waals surface area contributed by atoms with Crippen molar-refractivity contribution in [1.82, 2.24) is 9.78 Å². The molecule has 2 heterocycles. The molecule has 0 spiro atoms. The van der Waals surface area contributed by atoms with E-state index in [0.717, 1.165) is 12.0 Å². The molecule has 1 atom stereocenters. The number of nitrogens with zero attached hydrogens (tertiary/aromatic N) is 2. The molecule has 3 rings (SSSR count). The summed E-state index contributed by atoms with van der Waals surface area (Å²) >= 11 is 0. The van der Waals surface area contributed by atoms with Crippen molar-refractivity contribution in [2.45, 2.75) is 39.3 Å². The number of fused-ring (bicyclic) bond motifs is 1. The van der Waals surface area contributed by atoms with Crippen LogP contribution in [0.2, 0.25) is 0 Å². The number of hydrogen-bond donors (Lipinski definition) is 1. The van der Waals surface area contributed by atoms with Crippen LogP contribution in [0.4, 0.5) is 5.82 Å². The first-order valence-corrected chi connectivity index (χ1v) is 9.57. The third-order valence-corrected chi connectivity index (χ3v) is 4.26. The first-order valence-electron chi connectivity index (χ1n) is 9.57. The summed E-state index contributed by atoms with van der Waals surface area (Å²) in [4.78, 5) is 24.4. The SMILES string of the molecule is CC(C)n1nccc1NC(=O)[C@@H](C)OC(=O)/C=C/c1ccc2c(c1)OCCCO2. The molecule has 8 nitrogen and oxygen atoms in total. The van der Waals surface area contributed by atoms with Crippen LogP contribution in [0.5, 0.6) is 11.5 Å². The lowest BCUT2D eigenvalue weighted by Gasteiger charge is -2.15. The second kappa shape index (κ2) is 9.27. The minimum absolute atomic E-state index is 0.0939. The number of amides is 1. The van der Waals surface area contributed by atoms with Crippen LogP contribution in [0.25, 0.3) is 6.08 Å². The number of carbonyl (C=O) groups excluding carboxylic acids is 2. The zero-order chi connectivity index (χ0) is 20.8. The van der Waals surface area contributed by atoms with E-state index in [1.54, 1.807) is 35.2 Å². The molecule has 1 aliphatic heterocycles. The van der Waals surface area contributed by atoms with Gasteiger partial charge in [-0.25, -0.2) is 9.48 Å². The van der Waals surface area contributed by atoms with Crippen LogP contribution in [0.3, 0.4) is 0 Å². The van der Waals surface area contributed by atoms with Crippen molar-refractivity contribution in [2.75, 3.05) is 18.5 Å². The van der Waals surface area contributed by atoms with Crippen molar-refractivity contribution in [3.05, 3.63) is 42.1 Å². The number of esters is 1. The van der Waals surface area contributed by atoms with Crippen LogP contribution in [0.15, 0.2) is 36.5 Å². The second-order valence-corrected chi connectivity index (χ2v) is 6.91. The van der Waals surface area contributed by atoms with Crippen molar-refractivity contribution in [3.63, 3.8) is 0 Å². The predicted octanol–water partition coefficient (Wildman–Crippen LogP) is 3.21. The Morgan fingerprint density at radius 3 is 2.69 bits per heavy atom. The van der Waals surface area contributed by atoms with E-state index in [2.05, 4.69) is 10.4 Å². The molecule has 0 fully saturated rings. The first kappa shape index (κ1) is 20.4. The second-order valence-electron chi connectivity index (χ2n) is 6.91. The molecule has 0 saturated heterocycles. The van der Waals surface area contributed by atoms with Gasteiger partial charge >= 0.3 is 5.97 Å². The van der Waals surface area contributed by atoms with E-state index in [9.17, 15) is 9.59 Å². The van der Waals surface area contributed by atoms with E-state index in [-0.39, 0.29) is 6.04 Å². The van der Waals surface area contributed by atoms with E-state index in [0.29, 0.717) is 30.5 Å². The average Bonchev–Trinajstić information content (AvgIpc) is 3.02. The van der Waals surface area contributed by atoms with Crippen LogP contribution in [0.1, 0.15) is 38.8 Å². The molecule has 0 bridgehead atoms. The summed E-state index contributed by atoms with van der Waals surface area (Å²) < 4.78 is 18.1. The number of nitrogens with one attached hydrogen (secondary N) is 1. The number of hydrogen-bond acceptors (Lipinski definition) is 6. The highest BCUT2D eigenvalue weighted by atomic mass is 16.5. The molecule has 1 aliphatic rings. The maximum absolute atomic E-state index is 12.3. The number of carbonyl (C=O) groups is 2. The number of benzene rings is 1. The maximum Gasteiger partial charge on any atom is 0.331 e. The van der Waals surface area contributed by atoms with Crippen molar-refractivity contribution < 1.29 is 23.8 Å². The van der Waals surface area contributed by atoms with Crippen LogP contribution in [-0.2, 0) is 14.3 Å². The minimum atomic E-state index is -0.952. The lowest BCUT2D eigenvalue weighted by molar-refractivity contribution is -0.148. The molecule has 1 aromatic carbocycles.